The number of nitrogens with one attached hydrogen (secondary N) is 1. The molecule has 1 aromatic heterocycles. The molecule has 2 aromatic rings. The molecule has 0 aliphatic rings. The number of carbonyl (C=O) groups is 2. The van der Waals surface area contributed by atoms with E-state index in [4.69, 9.17) is 0 Å². The number of benzene rings is 1. The van der Waals surface area contributed by atoms with Crippen molar-refractivity contribution in [3.8, 4) is 0 Å². The molecular formula is C15H16FN3O3. The fourth-order valence-electron chi connectivity index (χ4n) is 1.99. The van der Waals surface area contributed by atoms with E-state index in [0.717, 1.165) is 0 Å². The number of carbonyl (C=O) groups excluding carboxylic acids is 1. The standard InChI is InChI=1S/C15H16FN3O3/c1-2-19-9-11(7-18-19)14(20)17-8-13(15(21)22)10-3-5-12(16)6-4-10/h3-7,9,13H,2,8H2,1H3,(H,17,20)(H,21,22). The van der Waals surface area contributed by atoms with Gasteiger partial charge in [0.05, 0.1) is 17.7 Å². The molecule has 0 saturated carbocycles. The summed E-state index contributed by atoms with van der Waals surface area (Å²) in [7, 11) is 0. The highest BCUT2D eigenvalue weighted by atomic mass is 19.1. The molecule has 22 heavy (non-hydrogen) atoms. The van der Waals surface area contributed by atoms with Gasteiger partial charge in [-0.3, -0.25) is 14.3 Å². The lowest BCUT2D eigenvalue weighted by Gasteiger charge is -2.13. The quantitative estimate of drug-likeness (QED) is 0.849. The number of rotatable bonds is 6. The Kier molecular flexibility index (Phi) is 4.88. The van der Waals surface area contributed by atoms with Crippen molar-refractivity contribution >= 4 is 11.9 Å². The molecule has 2 rings (SSSR count). The van der Waals surface area contributed by atoms with Gasteiger partial charge in [0.2, 0.25) is 0 Å². The van der Waals surface area contributed by atoms with Crippen LogP contribution in [0.15, 0.2) is 36.7 Å². The van der Waals surface area contributed by atoms with Crippen molar-refractivity contribution in [1.82, 2.24) is 15.1 Å². The van der Waals surface area contributed by atoms with Gasteiger partial charge in [0, 0.05) is 19.3 Å². The number of nitrogens with zero attached hydrogens (tertiary/aromatic N) is 2. The summed E-state index contributed by atoms with van der Waals surface area (Å²) in [5.74, 6) is -2.86. The molecule has 0 aliphatic carbocycles. The zero-order chi connectivity index (χ0) is 16.1. The fraction of sp³-hybridized carbons (Fsp3) is 0.267. The predicted molar refractivity (Wildman–Crippen MR) is 77.0 cm³/mol. The maximum atomic E-state index is 12.9. The molecule has 1 amide bonds. The van der Waals surface area contributed by atoms with Gasteiger partial charge in [0.1, 0.15) is 5.82 Å². The fourth-order valence-corrected chi connectivity index (χ4v) is 1.99. The van der Waals surface area contributed by atoms with Gasteiger partial charge < -0.3 is 10.4 Å². The first-order valence-corrected chi connectivity index (χ1v) is 6.80. The van der Waals surface area contributed by atoms with Crippen LogP contribution in [0.3, 0.4) is 0 Å². The lowest BCUT2D eigenvalue weighted by Crippen LogP contribution is -2.31. The van der Waals surface area contributed by atoms with Crippen LogP contribution < -0.4 is 5.32 Å². The number of aryl methyl sites for hydroxylation is 1. The molecule has 0 bridgehead atoms. The van der Waals surface area contributed by atoms with Crippen molar-refractivity contribution in [2.75, 3.05) is 6.54 Å². The number of aliphatic carboxylic acids is 1. The van der Waals surface area contributed by atoms with Crippen LogP contribution in [0, 0.1) is 5.82 Å². The van der Waals surface area contributed by atoms with Crippen LogP contribution in [-0.2, 0) is 11.3 Å². The second-order valence-electron chi connectivity index (χ2n) is 4.74. The summed E-state index contributed by atoms with van der Waals surface area (Å²) in [5.41, 5.74) is 0.795. The maximum Gasteiger partial charge on any atom is 0.312 e. The number of hydrogen-bond acceptors (Lipinski definition) is 3. The van der Waals surface area contributed by atoms with Crippen molar-refractivity contribution in [2.24, 2.45) is 0 Å². The van der Waals surface area contributed by atoms with Crippen LogP contribution >= 0.6 is 0 Å². The van der Waals surface area contributed by atoms with Crippen LogP contribution in [0.1, 0.15) is 28.8 Å². The van der Waals surface area contributed by atoms with Crippen molar-refractivity contribution in [2.45, 2.75) is 19.4 Å². The van der Waals surface area contributed by atoms with Gasteiger partial charge in [0.15, 0.2) is 0 Å². The number of carboxylic acids is 1. The van der Waals surface area contributed by atoms with Gasteiger partial charge in [-0.2, -0.15) is 5.10 Å². The first-order valence-electron chi connectivity index (χ1n) is 6.80. The van der Waals surface area contributed by atoms with Crippen molar-refractivity contribution in [3.63, 3.8) is 0 Å². The van der Waals surface area contributed by atoms with E-state index in [1.54, 1.807) is 10.9 Å². The van der Waals surface area contributed by atoms with E-state index in [-0.39, 0.29) is 6.54 Å². The third kappa shape index (κ3) is 3.69. The second kappa shape index (κ2) is 6.84. The van der Waals surface area contributed by atoms with Crippen LogP contribution in [0.5, 0.6) is 0 Å². The monoisotopic (exact) mass is 305 g/mol. The molecule has 0 radical (unpaired) electrons. The average Bonchev–Trinajstić information content (AvgIpc) is 2.98. The Balaban J connectivity index is 2.04. The van der Waals surface area contributed by atoms with E-state index in [2.05, 4.69) is 10.4 Å². The third-order valence-electron chi connectivity index (χ3n) is 3.26. The Morgan fingerprint density at radius 2 is 2.05 bits per heavy atom. The molecule has 1 aromatic carbocycles. The predicted octanol–water partition coefficient (Wildman–Crippen LogP) is 1.64. The summed E-state index contributed by atoms with van der Waals surface area (Å²) in [6.07, 6.45) is 3.01. The molecule has 7 heteroatoms. The van der Waals surface area contributed by atoms with Crippen LogP contribution in [0.2, 0.25) is 0 Å². The number of hydrogen-bond donors (Lipinski definition) is 2. The van der Waals surface area contributed by atoms with Crippen molar-refractivity contribution in [1.29, 1.82) is 0 Å². The topological polar surface area (TPSA) is 84.2 Å². The highest BCUT2D eigenvalue weighted by molar-refractivity contribution is 5.94. The van der Waals surface area contributed by atoms with Crippen molar-refractivity contribution < 1.29 is 19.1 Å². The summed E-state index contributed by atoms with van der Waals surface area (Å²) < 4.78 is 14.5. The Morgan fingerprint density at radius 1 is 1.36 bits per heavy atom. The van der Waals surface area contributed by atoms with Gasteiger partial charge in [-0.1, -0.05) is 12.1 Å². The van der Waals surface area contributed by atoms with E-state index in [9.17, 15) is 19.1 Å². The molecule has 116 valence electrons. The molecule has 0 aliphatic heterocycles. The van der Waals surface area contributed by atoms with E-state index in [1.165, 1.54) is 30.5 Å². The molecule has 1 heterocycles. The zero-order valence-electron chi connectivity index (χ0n) is 12.0. The molecule has 0 fully saturated rings. The Morgan fingerprint density at radius 3 is 2.59 bits per heavy atom. The number of halogens is 1. The molecule has 0 spiro atoms. The number of carboxylic acid groups (broad SMARTS) is 1. The molecule has 2 N–H and O–H groups in total. The molecule has 1 unspecified atom stereocenters. The average molecular weight is 305 g/mol. The highest BCUT2D eigenvalue weighted by Gasteiger charge is 2.21. The van der Waals surface area contributed by atoms with Gasteiger partial charge in [-0.05, 0) is 24.6 Å². The summed E-state index contributed by atoms with van der Waals surface area (Å²) in [4.78, 5) is 23.3. The Labute approximate surface area is 126 Å². The molecular weight excluding hydrogens is 289 g/mol. The first kappa shape index (κ1) is 15.7. The number of aromatic nitrogens is 2. The smallest absolute Gasteiger partial charge is 0.312 e. The summed E-state index contributed by atoms with van der Waals surface area (Å²) in [6, 6.07) is 5.18. The zero-order valence-corrected chi connectivity index (χ0v) is 12.0. The van der Waals surface area contributed by atoms with Crippen molar-refractivity contribution in [3.05, 3.63) is 53.6 Å². The molecule has 1 atom stereocenters. The maximum absolute atomic E-state index is 12.9. The Bertz CT molecular complexity index is 667. The van der Waals surface area contributed by atoms with Gasteiger partial charge >= 0.3 is 5.97 Å². The minimum atomic E-state index is -1.09. The van der Waals surface area contributed by atoms with E-state index in [1.807, 2.05) is 6.92 Å². The van der Waals surface area contributed by atoms with Crippen LogP contribution in [0.4, 0.5) is 4.39 Å². The van der Waals surface area contributed by atoms with Crippen LogP contribution in [-0.4, -0.2) is 33.3 Å². The summed E-state index contributed by atoms with van der Waals surface area (Å²) >= 11 is 0. The Hall–Kier alpha value is -2.70. The highest BCUT2D eigenvalue weighted by Crippen LogP contribution is 2.16. The van der Waals surface area contributed by atoms with Gasteiger partial charge in [0.25, 0.3) is 5.91 Å². The van der Waals surface area contributed by atoms with E-state index < -0.39 is 23.6 Å². The third-order valence-corrected chi connectivity index (χ3v) is 3.26. The normalized spacial score (nSPS) is 11.9. The van der Waals surface area contributed by atoms with E-state index in [0.29, 0.717) is 17.7 Å². The SMILES string of the molecule is CCn1cc(C(=O)NCC(C(=O)O)c2ccc(F)cc2)cn1. The first-order chi connectivity index (χ1) is 10.5. The summed E-state index contributed by atoms with van der Waals surface area (Å²) in [5, 5.41) is 15.8. The molecule has 6 nitrogen and oxygen atoms in total. The van der Waals surface area contributed by atoms with Crippen LogP contribution in [0.25, 0.3) is 0 Å². The largest absolute Gasteiger partial charge is 0.481 e. The lowest BCUT2D eigenvalue weighted by molar-refractivity contribution is -0.138. The summed E-state index contributed by atoms with van der Waals surface area (Å²) in [6.45, 7) is 2.45. The lowest BCUT2D eigenvalue weighted by atomic mass is 9.99. The minimum absolute atomic E-state index is 0.0862. The second-order valence-corrected chi connectivity index (χ2v) is 4.74. The van der Waals surface area contributed by atoms with Gasteiger partial charge in [-0.15, -0.1) is 0 Å². The van der Waals surface area contributed by atoms with Gasteiger partial charge in [-0.25, -0.2) is 4.39 Å². The number of amides is 1. The minimum Gasteiger partial charge on any atom is -0.481 e. The molecule has 0 saturated heterocycles. The van der Waals surface area contributed by atoms with E-state index >= 15 is 0 Å².